The van der Waals surface area contributed by atoms with Crippen molar-refractivity contribution in [1.82, 2.24) is 0 Å². The Labute approximate surface area is 106 Å². The lowest BCUT2D eigenvalue weighted by molar-refractivity contribution is -0.0585. The van der Waals surface area contributed by atoms with Gasteiger partial charge in [0, 0.05) is 18.0 Å². The second-order valence-corrected chi connectivity index (χ2v) is 5.34. The van der Waals surface area contributed by atoms with Gasteiger partial charge in [0.15, 0.2) is 0 Å². The molecule has 1 heterocycles. The molecule has 1 saturated heterocycles. The predicted molar refractivity (Wildman–Crippen MR) is 66.7 cm³/mol. The van der Waals surface area contributed by atoms with Crippen molar-refractivity contribution in [2.24, 2.45) is 11.7 Å². The molecule has 1 aliphatic heterocycles. The average Bonchev–Trinajstić information content (AvgIpc) is 2.28. The van der Waals surface area contributed by atoms with Crippen LogP contribution in [0.3, 0.4) is 0 Å². The molecule has 0 spiro atoms. The van der Waals surface area contributed by atoms with Crippen LogP contribution in [0.5, 0.6) is 0 Å². The van der Waals surface area contributed by atoms with Crippen LogP contribution in [0.25, 0.3) is 0 Å². The van der Waals surface area contributed by atoms with E-state index in [2.05, 4.69) is 0 Å². The summed E-state index contributed by atoms with van der Waals surface area (Å²) < 4.78 is 33.2. The van der Waals surface area contributed by atoms with Crippen molar-refractivity contribution < 1.29 is 13.5 Å². The van der Waals surface area contributed by atoms with Gasteiger partial charge in [0.2, 0.25) is 0 Å². The molecule has 1 fully saturated rings. The molecule has 2 nitrogen and oxygen atoms in total. The first-order valence-electron chi connectivity index (χ1n) is 6.19. The highest BCUT2D eigenvalue weighted by molar-refractivity contribution is 5.34. The van der Waals surface area contributed by atoms with Gasteiger partial charge >= 0.3 is 0 Å². The maximum atomic E-state index is 14.0. The third-order valence-electron chi connectivity index (χ3n) is 3.73. The summed E-state index contributed by atoms with van der Waals surface area (Å²) in [6.07, 6.45) is 0. The summed E-state index contributed by atoms with van der Waals surface area (Å²) in [5.74, 6) is -3.53. The van der Waals surface area contributed by atoms with Gasteiger partial charge in [-0.25, -0.2) is 8.78 Å². The second-order valence-electron chi connectivity index (χ2n) is 5.34. The number of hydrogen-bond acceptors (Lipinski definition) is 2. The molecule has 0 radical (unpaired) electrons. The lowest BCUT2D eigenvalue weighted by Crippen LogP contribution is -2.52. The van der Waals surface area contributed by atoms with Gasteiger partial charge in [-0.2, -0.15) is 0 Å². The predicted octanol–water partition coefficient (Wildman–Crippen LogP) is 2.66. The van der Waals surface area contributed by atoms with E-state index >= 15 is 0 Å². The zero-order chi connectivity index (χ0) is 13.4. The molecule has 1 aliphatic rings. The van der Waals surface area contributed by atoms with Crippen molar-refractivity contribution in [3.8, 4) is 0 Å². The third-order valence-corrected chi connectivity index (χ3v) is 3.73. The minimum atomic E-state index is -2.81. The SMILES string of the molecule is CC(C)C(F)(F)c1cccc(C2(CN)COC2)c1. The van der Waals surface area contributed by atoms with Crippen LogP contribution in [0, 0.1) is 5.92 Å². The first-order chi connectivity index (χ1) is 8.42. The standard InChI is InChI=1S/C14H19F2NO/c1-10(2)14(15,16)12-5-3-4-11(6-12)13(7-17)8-18-9-13/h3-6,10H,7-9,17H2,1-2H3. The Morgan fingerprint density at radius 1 is 1.39 bits per heavy atom. The summed E-state index contributed by atoms with van der Waals surface area (Å²) >= 11 is 0. The summed E-state index contributed by atoms with van der Waals surface area (Å²) in [4.78, 5) is 0. The topological polar surface area (TPSA) is 35.2 Å². The summed E-state index contributed by atoms with van der Waals surface area (Å²) in [6, 6.07) is 6.59. The van der Waals surface area contributed by atoms with Gasteiger partial charge in [-0.05, 0) is 11.6 Å². The monoisotopic (exact) mass is 255 g/mol. The van der Waals surface area contributed by atoms with Gasteiger partial charge < -0.3 is 10.5 Å². The van der Waals surface area contributed by atoms with Crippen molar-refractivity contribution in [3.05, 3.63) is 35.4 Å². The van der Waals surface area contributed by atoms with Gasteiger partial charge in [-0.3, -0.25) is 0 Å². The van der Waals surface area contributed by atoms with E-state index in [1.165, 1.54) is 19.9 Å². The third kappa shape index (κ3) is 2.04. The van der Waals surface area contributed by atoms with Crippen molar-refractivity contribution in [1.29, 1.82) is 0 Å². The van der Waals surface area contributed by atoms with Crippen molar-refractivity contribution in [2.75, 3.05) is 19.8 Å². The molecule has 18 heavy (non-hydrogen) atoms. The van der Waals surface area contributed by atoms with Crippen LogP contribution in [-0.4, -0.2) is 19.8 Å². The van der Waals surface area contributed by atoms with E-state index in [0.717, 1.165) is 5.56 Å². The Kier molecular flexibility index (Phi) is 3.43. The van der Waals surface area contributed by atoms with Gasteiger partial charge in [0.1, 0.15) is 0 Å². The normalized spacial score (nSPS) is 18.8. The quantitative estimate of drug-likeness (QED) is 0.897. The average molecular weight is 255 g/mol. The van der Waals surface area contributed by atoms with E-state index in [-0.39, 0.29) is 11.0 Å². The molecule has 0 aliphatic carbocycles. The summed E-state index contributed by atoms with van der Waals surface area (Å²) in [7, 11) is 0. The van der Waals surface area contributed by atoms with E-state index in [1.54, 1.807) is 12.1 Å². The molecule has 2 N–H and O–H groups in total. The fraction of sp³-hybridized carbons (Fsp3) is 0.571. The first-order valence-corrected chi connectivity index (χ1v) is 6.19. The first kappa shape index (κ1) is 13.4. The molecule has 0 saturated carbocycles. The number of hydrogen-bond donors (Lipinski definition) is 1. The van der Waals surface area contributed by atoms with Crippen LogP contribution in [0.2, 0.25) is 0 Å². The van der Waals surface area contributed by atoms with E-state index in [9.17, 15) is 8.78 Å². The molecule has 0 atom stereocenters. The summed E-state index contributed by atoms with van der Waals surface area (Å²) in [6.45, 7) is 4.50. The number of benzene rings is 1. The molecule has 0 unspecified atom stereocenters. The molecule has 0 amide bonds. The molecular weight excluding hydrogens is 236 g/mol. The number of rotatable bonds is 4. The maximum absolute atomic E-state index is 14.0. The van der Waals surface area contributed by atoms with Gasteiger partial charge in [0.05, 0.1) is 18.6 Å². The van der Waals surface area contributed by atoms with Crippen LogP contribution < -0.4 is 5.73 Å². The van der Waals surface area contributed by atoms with Crippen LogP contribution in [-0.2, 0) is 16.1 Å². The highest BCUT2D eigenvalue weighted by atomic mass is 19.3. The fourth-order valence-corrected chi connectivity index (χ4v) is 2.14. The second kappa shape index (κ2) is 4.59. The van der Waals surface area contributed by atoms with Gasteiger partial charge in [-0.15, -0.1) is 0 Å². The van der Waals surface area contributed by atoms with Gasteiger partial charge in [0.25, 0.3) is 5.92 Å². The molecule has 1 aromatic rings. The van der Waals surface area contributed by atoms with E-state index in [4.69, 9.17) is 10.5 Å². The largest absolute Gasteiger partial charge is 0.379 e. The lowest BCUT2D eigenvalue weighted by atomic mass is 9.77. The molecule has 0 aromatic heterocycles. The van der Waals surface area contributed by atoms with Crippen LogP contribution in [0.15, 0.2) is 24.3 Å². The van der Waals surface area contributed by atoms with Crippen molar-refractivity contribution >= 4 is 0 Å². The van der Waals surface area contributed by atoms with E-state index < -0.39 is 11.8 Å². The summed E-state index contributed by atoms with van der Waals surface area (Å²) in [5, 5.41) is 0. The van der Waals surface area contributed by atoms with Crippen molar-refractivity contribution in [3.63, 3.8) is 0 Å². The molecule has 4 heteroatoms. The number of halogens is 2. The molecular formula is C14H19F2NO. The van der Waals surface area contributed by atoms with E-state index in [0.29, 0.717) is 19.8 Å². The minimum Gasteiger partial charge on any atom is -0.379 e. The Bertz CT molecular complexity index is 405. The molecule has 1 aromatic carbocycles. The Hall–Kier alpha value is -1.00. The van der Waals surface area contributed by atoms with Crippen LogP contribution in [0.4, 0.5) is 8.78 Å². The number of ether oxygens (including phenoxy) is 1. The molecule has 0 bridgehead atoms. The minimum absolute atomic E-state index is 0.0646. The molecule has 100 valence electrons. The highest BCUT2D eigenvalue weighted by Gasteiger charge is 2.41. The van der Waals surface area contributed by atoms with Crippen molar-refractivity contribution in [2.45, 2.75) is 25.2 Å². The highest BCUT2D eigenvalue weighted by Crippen LogP contribution is 2.38. The number of nitrogens with two attached hydrogens (primary N) is 1. The van der Waals surface area contributed by atoms with Gasteiger partial charge in [-0.1, -0.05) is 32.0 Å². The zero-order valence-corrected chi connectivity index (χ0v) is 10.7. The summed E-state index contributed by atoms with van der Waals surface area (Å²) in [5.41, 5.74) is 6.40. The number of alkyl halides is 2. The fourth-order valence-electron chi connectivity index (χ4n) is 2.14. The Morgan fingerprint density at radius 3 is 2.50 bits per heavy atom. The maximum Gasteiger partial charge on any atom is 0.275 e. The smallest absolute Gasteiger partial charge is 0.275 e. The zero-order valence-electron chi connectivity index (χ0n) is 10.7. The van der Waals surface area contributed by atoms with Crippen LogP contribution >= 0.6 is 0 Å². The van der Waals surface area contributed by atoms with Crippen LogP contribution in [0.1, 0.15) is 25.0 Å². The lowest BCUT2D eigenvalue weighted by Gasteiger charge is -2.41. The molecule has 2 rings (SSSR count). The Morgan fingerprint density at radius 2 is 2.06 bits per heavy atom. The Balaban J connectivity index is 2.36. The van der Waals surface area contributed by atoms with E-state index in [1.807, 2.05) is 6.07 Å².